The van der Waals surface area contributed by atoms with Gasteiger partial charge in [-0.3, -0.25) is 4.79 Å². The summed E-state index contributed by atoms with van der Waals surface area (Å²) in [5, 5.41) is 0. The minimum atomic E-state index is -1.08. The number of hydrogen-bond donors (Lipinski definition) is 0. The summed E-state index contributed by atoms with van der Waals surface area (Å²) in [6, 6.07) is 15.1. The lowest BCUT2D eigenvalue weighted by Crippen LogP contribution is -2.30. The van der Waals surface area contributed by atoms with Crippen molar-refractivity contribution in [2.75, 3.05) is 13.7 Å². The molecule has 8 heteroatoms. The van der Waals surface area contributed by atoms with Gasteiger partial charge in [0.25, 0.3) is 0 Å². The van der Waals surface area contributed by atoms with Gasteiger partial charge in [0.15, 0.2) is 5.82 Å². The van der Waals surface area contributed by atoms with E-state index in [4.69, 9.17) is 18.9 Å². The van der Waals surface area contributed by atoms with Crippen LogP contribution in [0.5, 0.6) is 11.5 Å². The Hall–Kier alpha value is -4.20. The Balaban J connectivity index is 1.87. The minimum absolute atomic E-state index is 0.112. The molecule has 2 aromatic carbocycles. The van der Waals surface area contributed by atoms with E-state index in [1.54, 1.807) is 26.3 Å². The summed E-state index contributed by atoms with van der Waals surface area (Å²) in [7, 11) is 1.61. The molecule has 0 radical (unpaired) electrons. The van der Waals surface area contributed by atoms with Crippen molar-refractivity contribution in [2.45, 2.75) is 59.2 Å². The summed E-state index contributed by atoms with van der Waals surface area (Å²) in [5.41, 5.74) is 3.12. The van der Waals surface area contributed by atoms with Crippen LogP contribution in [0.4, 0.5) is 0 Å². The highest BCUT2D eigenvalue weighted by atomic mass is 16.6. The molecule has 0 N–H and O–H groups in total. The lowest BCUT2D eigenvalue weighted by Gasteiger charge is -2.18. The maximum absolute atomic E-state index is 12.5. The van der Waals surface area contributed by atoms with Crippen molar-refractivity contribution in [2.24, 2.45) is 0 Å². The Labute approximate surface area is 230 Å². The second-order valence-corrected chi connectivity index (χ2v) is 8.83. The molecular formula is C31H36N2O6. The van der Waals surface area contributed by atoms with E-state index in [2.05, 4.69) is 23.0 Å². The molecule has 1 atom stereocenters. The monoisotopic (exact) mass is 532 g/mol. The molecule has 0 saturated heterocycles. The summed E-state index contributed by atoms with van der Waals surface area (Å²) in [6.45, 7) is 5.48. The number of carbonyl (C=O) groups is 2. The van der Waals surface area contributed by atoms with Crippen LogP contribution in [0, 0.1) is 0 Å². The zero-order valence-electron chi connectivity index (χ0n) is 23.0. The summed E-state index contributed by atoms with van der Waals surface area (Å²) >= 11 is 0. The SMILES string of the molecule is CCCC/C=C/c1ccc(OCc2ccnc(-c3ccccc3OC)n2)c(C[C@@H](OC(C)=O)C(=O)OCC)c1. The number of para-hydroxylation sites is 1. The number of unbranched alkanes of at least 4 members (excludes halogenated alkanes) is 2. The highest BCUT2D eigenvalue weighted by molar-refractivity contribution is 5.79. The molecular weight excluding hydrogens is 496 g/mol. The van der Waals surface area contributed by atoms with Crippen molar-refractivity contribution in [3.8, 4) is 22.9 Å². The molecule has 206 valence electrons. The zero-order valence-corrected chi connectivity index (χ0v) is 23.0. The number of carbonyl (C=O) groups excluding carboxylic acids is 2. The molecule has 0 aliphatic carbocycles. The smallest absolute Gasteiger partial charge is 0.347 e. The van der Waals surface area contributed by atoms with E-state index in [1.165, 1.54) is 6.92 Å². The fraction of sp³-hybridized carbons (Fsp3) is 0.355. The Morgan fingerprint density at radius 1 is 1.05 bits per heavy atom. The molecule has 39 heavy (non-hydrogen) atoms. The number of hydrogen-bond acceptors (Lipinski definition) is 8. The molecule has 0 saturated carbocycles. The Bertz CT molecular complexity index is 1270. The number of allylic oxidation sites excluding steroid dienone is 1. The van der Waals surface area contributed by atoms with Crippen LogP contribution in [0.25, 0.3) is 17.5 Å². The number of benzene rings is 2. The van der Waals surface area contributed by atoms with Crippen LogP contribution in [0.1, 0.15) is 56.9 Å². The number of rotatable bonds is 14. The first-order valence-corrected chi connectivity index (χ1v) is 13.2. The first-order valence-electron chi connectivity index (χ1n) is 13.2. The first-order chi connectivity index (χ1) is 18.9. The molecule has 0 bridgehead atoms. The van der Waals surface area contributed by atoms with Crippen LogP contribution in [-0.2, 0) is 32.1 Å². The van der Waals surface area contributed by atoms with Gasteiger partial charge < -0.3 is 18.9 Å². The van der Waals surface area contributed by atoms with Crippen molar-refractivity contribution in [1.82, 2.24) is 9.97 Å². The van der Waals surface area contributed by atoms with Gasteiger partial charge in [0.05, 0.1) is 25.0 Å². The number of ether oxygens (including phenoxy) is 4. The van der Waals surface area contributed by atoms with Gasteiger partial charge in [0.1, 0.15) is 18.1 Å². The highest BCUT2D eigenvalue weighted by Crippen LogP contribution is 2.28. The van der Waals surface area contributed by atoms with Gasteiger partial charge in [0.2, 0.25) is 6.10 Å². The topological polar surface area (TPSA) is 96.8 Å². The predicted octanol–water partition coefficient (Wildman–Crippen LogP) is 5.97. The Morgan fingerprint density at radius 2 is 1.87 bits per heavy atom. The van der Waals surface area contributed by atoms with Gasteiger partial charge in [0, 0.05) is 19.5 Å². The van der Waals surface area contributed by atoms with E-state index in [-0.39, 0.29) is 19.6 Å². The largest absolute Gasteiger partial charge is 0.496 e. The second-order valence-electron chi connectivity index (χ2n) is 8.83. The molecule has 0 spiro atoms. The van der Waals surface area contributed by atoms with Gasteiger partial charge >= 0.3 is 11.9 Å². The molecule has 0 aliphatic heterocycles. The summed E-state index contributed by atoms with van der Waals surface area (Å²) in [6.07, 6.45) is 8.07. The summed E-state index contributed by atoms with van der Waals surface area (Å²) < 4.78 is 22.1. The Morgan fingerprint density at radius 3 is 2.62 bits per heavy atom. The van der Waals surface area contributed by atoms with Crippen LogP contribution >= 0.6 is 0 Å². The standard InChI is InChI=1S/C31H36N2O6/c1-5-7-8-9-12-23-15-16-27(24(19-23)20-29(39-22(3)34)31(35)37-6-2)38-21-25-17-18-32-30(33-25)26-13-10-11-14-28(26)36-4/h9-19,29H,5-8,20-21H2,1-4H3/b12-9+/t29-/m1/s1. The molecule has 0 fully saturated rings. The fourth-order valence-electron chi connectivity index (χ4n) is 3.94. The van der Waals surface area contributed by atoms with E-state index in [0.29, 0.717) is 28.6 Å². The lowest BCUT2D eigenvalue weighted by molar-refractivity contribution is -0.166. The normalized spacial score (nSPS) is 11.7. The van der Waals surface area contributed by atoms with Crippen molar-refractivity contribution >= 4 is 18.0 Å². The van der Waals surface area contributed by atoms with E-state index in [0.717, 1.165) is 30.4 Å². The van der Waals surface area contributed by atoms with Crippen molar-refractivity contribution in [3.63, 3.8) is 0 Å². The molecule has 0 aliphatic rings. The van der Waals surface area contributed by atoms with Crippen LogP contribution in [0.2, 0.25) is 0 Å². The molecule has 0 amide bonds. The Kier molecular flexibility index (Phi) is 11.5. The molecule has 1 aromatic heterocycles. The zero-order chi connectivity index (χ0) is 28.0. The maximum atomic E-state index is 12.5. The molecule has 1 heterocycles. The summed E-state index contributed by atoms with van der Waals surface area (Å²) in [4.78, 5) is 33.3. The summed E-state index contributed by atoms with van der Waals surface area (Å²) in [5.74, 6) is 0.602. The molecule has 3 aromatic rings. The van der Waals surface area contributed by atoms with Gasteiger partial charge in [-0.2, -0.15) is 0 Å². The van der Waals surface area contributed by atoms with Crippen molar-refractivity contribution in [3.05, 3.63) is 77.6 Å². The van der Waals surface area contributed by atoms with E-state index in [1.807, 2.05) is 48.5 Å². The third-order valence-electron chi connectivity index (χ3n) is 5.82. The fourth-order valence-corrected chi connectivity index (χ4v) is 3.94. The second kappa shape index (κ2) is 15.3. The molecule has 3 rings (SSSR count). The van der Waals surface area contributed by atoms with Crippen LogP contribution in [-0.4, -0.2) is 41.7 Å². The third kappa shape index (κ3) is 8.95. The van der Waals surface area contributed by atoms with Crippen LogP contribution in [0.3, 0.4) is 0 Å². The van der Waals surface area contributed by atoms with Gasteiger partial charge in [-0.1, -0.05) is 50.1 Å². The average Bonchev–Trinajstić information content (AvgIpc) is 2.94. The maximum Gasteiger partial charge on any atom is 0.347 e. The van der Waals surface area contributed by atoms with Crippen molar-refractivity contribution < 1.29 is 28.5 Å². The molecule has 0 unspecified atom stereocenters. The van der Waals surface area contributed by atoms with Crippen molar-refractivity contribution in [1.29, 1.82) is 0 Å². The van der Waals surface area contributed by atoms with E-state index < -0.39 is 18.0 Å². The quantitative estimate of drug-likeness (QED) is 0.185. The number of methoxy groups -OCH3 is 1. The predicted molar refractivity (Wildman–Crippen MR) is 149 cm³/mol. The number of aromatic nitrogens is 2. The number of esters is 2. The number of nitrogens with zero attached hydrogens (tertiary/aromatic N) is 2. The minimum Gasteiger partial charge on any atom is -0.496 e. The lowest BCUT2D eigenvalue weighted by atomic mass is 10.0. The van der Waals surface area contributed by atoms with Crippen LogP contribution in [0.15, 0.2) is 60.8 Å². The first kappa shape index (κ1) is 29.4. The van der Waals surface area contributed by atoms with E-state index >= 15 is 0 Å². The third-order valence-corrected chi connectivity index (χ3v) is 5.82. The van der Waals surface area contributed by atoms with Gasteiger partial charge in [-0.15, -0.1) is 0 Å². The van der Waals surface area contributed by atoms with Gasteiger partial charge in [-0.25, -0.2) is 14.8 Å². The van der Waals surface area contributed by atoms with Gasteiger partial charge in [-0.05, 0) is 54.8 Å². The van der Waals surface area contributed by atoms with E-state index in [9.17, 15) is 9.59 Å². The van der Waals surface area contributed by atoms with Crippen LogP contribution < -0.4 is 9.47 Å². The average molecular weight is 533 g/mol. The highest BCUT2D eigenvalue weighted by Gasteiger charge is 2.25. The molecule has 8 nitrogen and oxygen atoms in total.